The molecule has 0 fully saturated rings. The first-order valence-corrected chi connectivity index (χ1v) is 9.01. The van der Waals surface area contributed by atoms with E-state index in [0.29, 0.717) is 21.5 Å². The number of carbonyl (C=O) groups is 2. The number of nitrogens with zero attached hydrogens (tertiary/aromatic N) is 1. The Morgan fingerprint density at radius 2 is 1.79 bits per heavy atom. The third-order valence-corrected chi connectivity index (χ3v) is 4.24. The van der Waals surface area contributed by atoms with Gasteiger partial charge in [0.1, 0.15) is 17.3 Å². The summed E-state index contributed by atoms with van der Waals surface area (Å²) in [5, 5.41) is 6.28. The second-order valence-electron chi connectivity index (χ2n) is 5.55. The predicted octanol–water partition coefficient (Wildman–Crippen LogP) is 3.47. The molecule has 2 rings (SSSR count). The Kier molecular flexibility index (Phi) is 7.94. The molecule has 0 spiro atoms. The fourth-order valence-electron chi connectivity index (χ4n) is 2.22. The minimum atomic E-state index is -0.537. The number of methoxy groups -OCH3 is 2. The molecule has 2 aromatic rings. The maximum atomic E-state index is 13.5. The summed E-state index contributed by atoms with van der Waals surface area (Å²) < 4.78 is 24.6. The van der Waals surface area contributed by atoms with E-state index in [-0.39, 0.29) is 18.5 Å². The van der Waals surface area contributed by atoms with E-state index < -0.39 is 17.6 Å². The molecule has 2 aromatic carbocycles. The number of nitrogens with one attached hydrogen (secondary N) is 2. The van der Waals surface area contributed by atoms with Crippen LogP contribution in [-0.4, -0.2) is 32.2 Å². The number of amides is 2. The normalized spacial score (nSPS) is 10.6. The number of benzene rings is 2. The lowest BCUT2D eigenvalue weighted by molar-refractivity contribution is -0.124. The van der Waals surface area contributed by atoms with Crippen LogP contribution in [0.25, 0.3) is 0 Å². The second kappa shape index (κ2) is 10.4. The molecular weight excluding hydrogens is 433 g/mol. The van der Waals surface area contributed by atoms with E-state index in [9.17, 15) is 14.0 Å². The molecule has 2 N–H and O–H groups in total. The average molecular weight is 452 g/mol. The summed E-state index contributed by atoms with van der Waals surface area (Å²) in [4.78, 5) is 23.7. The monoisotopic (exact) mass is 451 g/mol. The molecule has 0 aromatic heterocycles. The number of para-hydroxylation sites is 1. The highest BCUT2D eigenvalue weighted by molar-refractivity contribution is 9.10. The van der Waals surface area contributed by atoms with E-state index >= 15 is 0 Å². The summed E-state index contributed by atoms with van der Waals surface area (Å²) >= 11 is 3.36. The van der Waals surface area contributed by atoms with Crippen molar-refractivity contribution in [3.63, 3.8) is 0 Å². The first kappa shape index (κ1) is 21.4. The zero-order valence-corrected chi connectivity index (χ0v) is 16.9. The molecule has 0 heterocycles. The number of anilines is 1. The Bertz CT molecular complexity index is 889. The van der Waals surface area contributed by atoms with Gasteiger partial charge in [-0.1, -0.05) is 12.1 Å². The molecule has 0 saturated carbocycles. The van der Waals surface area contributed by atoms with Crippen LogP contribution < -0.4 is 20.2 Å². The van der Waals surface area contributed by atoms with Crippen molar-refractivity contribution in [1.82, 2.24) is 5.43 Å². The van der Waals surface area contributed by atoms with E-state index in [1.54, 1.807) is 18.2 Å². The van der Waals surface area contributed by atoms with Gasteiger partial charge in [-0.2, -0.15) is 5.10 Å². The lowest BCUT2D eigenvalue weighted by Gasteiger charge is -2.09. The number of ether oxygens (including phenoxy) is 2. The Labute approximate surface area is 170 Å². The number of hydrogen-bond donors (Lipinski definition) is 2. The van der Waals surface area contributed by atoms with Crippen molar-refractivity contribution in [2.24, 2.45) is 5.10 Å². The molecule has 0 aliphatic heterocycles. The van der Waals surface area contributed by atoms with Crippen molar-refractivity contribution in [2.75, 3.05) is 19.5 Å². The van der Waals surface area contributed by atoms with E-state index in [1.165, 1.54) is 38.6 Å². The predicted molar refractivity (Wildman–Crippen MR) is 107 cm³/mol. The Morgan fingerprint density at radius 1 is 1.11 bits per heavy atom. The standard InChI is InChI=1S/C19H19BrFN3O4/c1-27-16-10-17(28-2)13(20)9-12(16)11-22-24-19(26)8-7-18(25)23-15-6-4-3-5-14(15)21/h3-6,9-11H,7-8H2,1-2H3,(H,23,25)(H,24,26). The van der Waals surface area contributed by atoms with Gasteiger partial charge >= 0.3 is 0 Å². The van der Waals surface area contributed by atoms with Crippen LogP contribution >= 0.6 is 15.9 Å². The topological polar surface area (TPSA) is 89.0 Å². The molecule has 0 unspecified atom stereocenters. The van der Waals surface area contributed by atoms with Gasteiger partial charge in [-0.3, -0.25) is 9.59 Å². The van der Waals surface area contributed by atoms with Gasteiger partial charge in [-0.25, -0.2) is 9.82 Å². The van der Waals surface area contributed by atoms with E-state index in [1.807, 2.05) is 0 Å². The molecule has 7 nitrogen and oxygen atoms in total. The number of rotatable bonds is 8. The number of carbonyl (C=O) groups excluding carboxylic acids is 2. The highest BCUT2D eigenvalue weighted by Gasteiger charge is 2.10. The van der Waals surface area contributed by atoms with Gasteiger partial charge < -0.3 is 14.8 Å². The molecule has 0 aliphatic rings. The quantitative estimate of drug-likeness (QED) is 0.474. The zero-order chi connectivity index (χ0) is 20.5. The van der Waals surface area contributed by atoms with Crippen molar-refractivity contribution in [3.05, 3.63) is 52.3 Å². The molecule has 0 aliphatic carbocycles. The molecule has 28 heavy (non-hydrogen) atoms. The van der Waals surface area contributed by atoms with Gasteiger partial charge in [0, 0.05) is 24.5 Å². The first-order valence-electron chi connectivity index (χ1n) is 8.22. The van der Waals surface area contributed by atoms with Crippen LogP contribution in [0.1, 0.15) is 18.4 Å². The summed E-state index contributed by atoms with van der Waals surface area (Å²) in [7, 11) is 3.04. The summed E-state index contributed by atoms with van der Waals surface area (Å²) in [6.45, 7) is 0. The highest BCUT2D eigenvalue weighted by atomic mass is 79.9. The Hall–Kier alpha value is -2.94. The number of hydrazone groups is 1. The summed E-state index contributed by atoms with van der Waals surface area (Å²) in [6.07, 6.45) is 1.22. The minimum Gasteiger partial charge on any atom is -0.496 e. The van der Waals surface area contributed by atoms with Gasteiger partial charge in [0.2, 0.25) is 11.8 Å². The number of hydrogen-bond acceptors (Lipinski definition) is 5. The van der Waals surface area contributed by atoms with Crippen LogP contribution in [0.3, 0.4) is 0 Å². The van der Waals surface area contributed by atoms with Gasteiger partial charge in [-0.05, 0) is 34.1 Å². The van der Waals surface area contributed by atoms with Crippen LogP contribution in [0.4, 0.5) is 10.1 Å². The Morgan fingerprint density at radius 3 is 2.46 bits per heavy atom. The van der Waals surface area contributed by atoms with Crippen molar-refractivity contribution in [2.45, 2.75) is 12.8 Å². The first-order chi connectivity index (χ1) is 13.4. The zero-order valence-electron chi connectivity index (χ0n) is 15.3. The third-order valence-electron chi connectivity index (χ3n) is 3.62. The fourth-order valence-corrected chi connectivity index (χ4v) is 2.74. The second-order valence-corrected chi connectivity index (χ2v) is 6.40. The van der Waals surface area contributed by atoms with Crippen LogP contribution in [0, 0.1) is 5.82 Å². The van der Waals surface area contributed by atoms with Gasteiger partial charge in [-0.15, -0.1) is 0 Å². The van der Waals surface area contributed by atoms with Crippen molar-refractivity contribution in [1.29, 1.82) is 0 Å². The fraction of sp³-hybridized carbons (Fsp3) is 0.211. The average Bonchev–Trinajstić information content (AvgIpc) is 2.68. The van der Waals surface area contributed by atoms with Gasteiger partial charge in [0.15, 0.2) is 0 Å². The molecule has 0 radical (unpaired) electrons. The molecule has 148 valence electrons. The molecule has 0 saturated heterocycles. The lowest BCUT2D eigenvalue weighted by atomic mass is 10.2. The molecule has 0 atom stereocenters. The van der Waals surface area contributed by atoms with Crippen LogP contribution in [0.5, 0.6) is 11.5 Å². The SMILES string of the molecule is COc1cc(OC)c(C=NNC(=O)CCC(=O)Nc2ccccc2F)cc1Br. The summed E-state index contributed by atoms with van der Waals surface area (Å²) in [5.41, 5.74) is 3.03. The largest absolute Gasteiger partial charge is 0.496 e. The maximum absolute atomic E-state index is 13.5. The third kappa shape index (κ3) is 6.05. The number of halogens is 2. The van der Waals surface area contributed by atoms with Crippen LogP contribution in [0.2, 0.25) is 0 Å². The summed E-state index contributed by atoms with van der Waals surface area (Å²) in [5.74, 6) is -0.345. The maximum Gasteiger partial charge on any atom is 0.240 e. The van der Waals surface area contributed by atoms with Crippen LogP contribution in [-0.2, 0) is 9.59 Å². The van der Waals surface area contributed by atoms with E-state index in [4.69, 9.17) is 9.47 Å². The molecule has 0 bridgehead atoms. The molecule has 2 amide bonds. The van der Waals surface area contributed by atoms with Gasteiger partial charge in [0.05, 0.1) is 30.6 Å². The Balaban J connectivity index is 1.86. The van der Waals surface area contributed by atoms with E-state index in [2.05, 4.69) is 31.8 Å². The van der Waals surface area contributed by atoms with E-state index in [0.717, 1.165) is 0 Å². The minimum absolute atomic E-state index is 0.0723. The lowest BCUT2D eigenvalue weighted by Crippen LogP contribution is -2.21. The smallest absolute Gasteiger partial charge is 0.240 e. The van der Waals surface area contributed by atoms with Crippen LogP contribution in [0.15, 0.2) is 46.0 Å². The van der Waals surface area contributed by atoms with Crippen molar-refractivity contribution < 1.29 is 23.5 Å². The highest BCUT2D eigenvalue weighted by Crippen LogP contribution is 2.31. The summed E-state index contributed by atoms with van der Waals surface area (Å²) in [6, 6.07) is 9.22. The van der Waals surface area contributed by atoms with Crippen molar-refractivity contribution in [3.8, 4) is 11.5 Å². The van der Waals surface area contributed by atoms with Gasteiger partial charge in [0.25, 0.3) is 0 Å². The van der Waals surface area contributed by atoms with Crippen molar-refractivity contribution >= 4 is 39.6 Å². The molecule has 9 heteroatoms. The molecular formula is C19H19BrFN3O4.